The molecule has 0 spiro atoms. The van der Waals surface area contributed by atoms with Crippen LogP contribution in [0, 0.1) is 23.2 Å². The SMILES string of the molecule is CC(CCCC(C)(C)O)C1CCC2/C(=C\C3C4=C(C[C@H](O)CC4)Cn4c(=O)n(-c5ccc(OCCn6cc(C7CC[N+](C)(C)CC7)nn6)cc5)c(=O)n43)CCC[C@@]21C.CC1(C)C(=O)N(Br)C(=O)N1Br.C[N+]1(C)CCC(c2cn(CCOc3ccc(-n4c(=O)[nH][nH]c4=O)cc3)nn2)CC1.C[N+]1(C)CCC(c2cn(CCOc3ccc(N4C(=O)N=NC4=O)cc3)nn2)CC1.[2H]CF.[2H]CF. The number of hydrogen-bond donors (Lipinski definition) is 4. The third-order valence-corrected chi connectivity index (χ3v) is 29.4. The number of hydrogen-bond acceptors (Lipinski definition) is 19. The van der Waals surface area contributed by atoms with E-state index in [1.165, 1.54) is 32.5 Å². The van der Waals surface area contributed by atoms with Crippen LogP contribution in [-0.2, 0) is 31.0 Å². The first-order chi connectivity index (χ1) is 63.1. The second-order valence-corrected chi connectivity index (χ2v) is 40.4. The number of aliphatic hydroxyl groups is 2. The number of ether oxygens (including phenoxy) is 3. The predicted molar refractivity (Wildman–Crippen MR) is 495 cm³/mol. The Hall–Kier alpha value is -10.3. The minimum atomic E-state index is -1.00. The van der Waals surface area contributed by atoms with Gasteiger partial charge in [-0.1, -0.05) is 64.2 Å². The summed E-state index contributed by atoms with van der Waals surface area (Å²) < 4.78 is 65.0. The summed E-state index contributed by atoms with van der Waals surface area (Å²) in [6, 6.07) is 18.5. The number of aliphatic hydroxyl groups excluding tert-OH is 1. The molecular weight excluding hydrogens is 1820 g/mol. The Morgan fingerprint density at radius 3 is 1.44 bits per heavy atom. The molecule has 8 aromatic rings. The van der Waals surface area contributed by atoms with Crippen molar-refractivity contribution in [2.45, 2.75) is 218 Å². The molecule has 0 radical (unpaired) electrons. The third-order valence-electron chi connectivity index (χ3n) is 27.5. The molecule has 9 aliphatic rings. The number of piperidine rings is 3. The molecule has 3 aromatic carbocycles. The summed E-state index contributed by atoms with van der Waals surface area (Å²) in [6.45, 7) is 22.4. The van der Waals surface area contributed by atoms with Crippen LogP contribution in [0.5, 0.6) is 17.2 Å². The van der Waals surface area contributed by atoms with E-state index in [-0.39, 0.29) is 28.7 Å². The van der Waals surface area contributed by atoms with Gasteiger partial charge in [0.05, 0.1) is 209 Å². The first-order valence-corrected chi connectivity index (χ1v) is 46.6. The van der Waals surface area contributed by atoms with Crippen LogP contribution in [0.25, 0.3) is 11.4 Å². The van der Waals surface area contributed by atoms with E-state index < -0.39 is 61.0 Å². The minimum Gasteiger partial charge on any atom is -0.492 e. The van der Waals surface area contributed by atoms with Crippen molar-refractivity contribution in [2.24, 2.45) is 33.4 Å². The van der Waals surface area contributed by atoms with Crippen molar-refractivity contribution in [1.82, 2.24) is 81.5 Å². The number of amides is 7. The number of nitrogens with one attached hydrogen (secondary N) is 2. The van der Waals surface area contributed by atoms with Gasteiger partial charge in [-0.2, -0.15) is 3.93 Å². The van der Waals surface area contributed by atoms with Gasteiger partial charge in [0.1, 0.15) is 42.6 Å². The Kier molecular flexibility index (Phi) is 31.6. The molecular formula is C91H130Br2F2N23O13+3. The Labute approximate surface area is 781 Å². The zero-order valence-electron chi connectivity index (χ0n) is 79.3. The molecule has 712 valence electrons. The summed E-state index contributed by atoms with van der Waals surface area (Å²) in [6.07, 6.45) is 25.4. The maximum Gasteiger partial charge on any atom is 0.375 e. The number of carbonyl (C=O) groups excluding carboxylic acids is 4. The van der Waals surface area contributed by atoms with E-state index >= 15 is 0 Å². The first-order valence-electron chi connectivity index (χ1n) is 46.6. The smallest absolute Gasteiger partial charge is 0.375 e. The molecule has 6 aliphatic heterocycles. The summed E-state index contributed by atoms with van der Waals surface area (Å²) in [5.41, 5.74) is 5.36. The van der Waals surface area contributed by atoms with Gasteiger partial charge >= 0.3 is 40.9 Å². The van der Waals surface area contributed by atoms with Crippen molar-refractivity contribution >= 4 is 62.0 Å². The van der Waals surface area contributed by atoms with E-state index in [0.717, 1.165) is 172 Å². The van der Waals surface area contributed by atoms with E-state index in [4.69, 9.17) is 17.0 Å². The molecule has 11 heterocycles. The number of quaternary nitrogens is 3. The summed E-state index contributed by atoms with van der Waals surface area (Å²) in [5.74, 6) is 4.75. The molecule has 17 rings (SSSR count). The number of urea groups is 3. The Morgan fingerprint density at radius 2 is 1.03 bits per heavy atom. The number of rotatable bonds is 24. The molecule has 0 bridgehead atoms. The summed E-state index contributed by atoms with van der Waals surface area (Å²) in [7, 11) is 11.6. The molecule has 6 atom stereocenters. The van der Waals surface area contributed by atoms with Crippen molar-refractivity contribution in [1.29, 1.82) is 0 Å². The Bertz CT molecular complexity index is 5580. The van der Waals surface area contributed by atoms with Gasteiger partial charge in [-0.15, -0.1) is 15.3 Å². The number of allylic oxidation sites excluding steroid dienone is 3. The van der Waals surface area contributed by atoms with Gasteiger partial charge in [-0.05, 0) is 193 Å². The standard InChI is InChI=1S/C46H68N7O5.C19H25N7O3.C19H24N7O3.C5H6Br2N2O2.2CH3F/c1-31(9-7-21-45(2,3)57)39-17-18-40-33(10-8-22-46(39,40)4)28-42-38-16-13-36(54)27-34(38)29-50-43(55)51(44(56)52(42)50)35-11-14-37(15-12-35)58-26-23-49-30-41(47-48-49)32-19-24-53(5,6)25-20-32;2*1-26(2)10-7-14(8-11-26)17-13-24(23-20-17)9-12-29-16-5-3-15(4-6-16)25-18(27)21-22-19(25)28;1-5(2)3(10)8(6)4(11)9(5)7;2*1-2/h11-12,14-15,28,30-32,36,39-40,42,54,57H,7-10,13,16-27,29H2,1-6H3;3-6,13-14H,7-12H2,1-2H3,(H-,20,21,22,23,27,28);3-6,13-14H,7-12H2,1-2H3;1-2H3;2*1H3/q+1;;+1;;;/p+1/b33-28-;;;;;/t31?,36-,39?,40?,42?,46-;;;;;/m1...../s1/i;;;;2*1D. The van der Waals surface area contributed by atoms with Crippen LogP contribution in [0.15, 0.2) is 144 Å². The molecule has 4 unspecified atom stereocenters. The van der Waals surface area contributed by atoms with Gasteiger partial charge in [0.25, 0.3) is 5.91 Å². The maximum atomic E-state index is 14.5. The number of aromatic nitrogens is 15. The van der Waals surface area contributed by atoms with Crippen molar-refractivity contribution in [3.05, 3.63) is 173 Å². The number of H-pyrrole nitrogens is 2. The fourth-order valence-electron chi connectivity index (χ4n) is 19.8. The molecule has 4 N–H and O–H groups in total. The second kappa shape index (κ2) is 42.7. The van der Waals surface area contributed by atoms with Crippen LogP contribution < -0.4 is 41.9 Å². The number of aromatic amines is 2. The van der Waals surface area contributed by atoms with E-state index in [0.29, 0.717) is 129 Å². The largest absolute Gasteiger partial charge is 0.492 e. The van der Waals surface area contributed by atoms with E-state index in [1.807, 2.05) is 52.4 Å². The topological polar surface area (TPSA) is 383 Å². The van der Waals surface area contributed by atoms with Crippen LogP contribution in [0.1, 0.15) is 194 Å². The molecule has 40 heteroatoms. The molecule has 3 aliphatic carbocycles. The van der Waals surface area contributed by atoms with Gasteiger partial charge in [-0.3, -0.25) is 13.6 Å². The number of imide groups is 2. The quantitative estimate of drug-likeness (QED) is 0.0189. The zero-order valence-corrected chi connectivity index (χ0v) is 80.4. The number of alkyl halides is 2. The molecule has 5 aromatic heterocycles. The number of halogens is 4. The molecule has 36 nitrogen and oxygen atoms in total. The first kappa shape index (κ1) is 96.8. The molecule has 7 amide bonds. The molecule has 4 saturated heterocycles. The monoisotopic (exact) mass is 1950 g/mol. The van der Waals surface area contributed by atoms with Crippen LogP contribution in [0.2, 0.25) is 0 Å². The number of anilines is 1. The lowest BCUT2D eigenvalue weighted by molar-refractivity contribution is -0.895. The number of benzene rings is 3. The van der Waals surface area contributed by atoms with Gasteiger partial charge in [0.2, 0.25) is 0 Å². The highest BCUT2D eigenvalue weighted by Gasteiger charge is 2.52. The highest BCUT2D eigenvalue weighted by atomic mass is 79.9. The van der Waals surface area contributed by atoms with Gasteiger partial charge in [-0.25, -0.2) is 85.1 Å². The number of carbonyl (C=O) groups is 4. The lowest BCUT2D eigenvalue weighted by Gasteiger charge is -2.45. The van der Waals surface area contributed by atoms with Gasteiger partial charge in [0, 0.05) is 74.9 Å². The zero-order chi connectivity index (χ0) is 96.1. The fourth-order valence-corrected chi connectivity index (χ4v) is 20.9. The highest BCUT2D eigenvalue weighted by Crippen LogP contribution is 2.60. The normalized spacial score (nSPS) is 22.9. The molecule has 131 heavy (non-hydrogen) atoms. The number of nitrogens with zero attached hydrogens (tertiary/aromatic N) is 21. The lowest BCUT2D eigenvalue weighted by Crippen LogP contribution is -2.45. The second-order valence-electron chi connectivity index (χ2n) is 39.0. The van der Waals surface area contributed by atoms with Gasteiger partial charge in [0.15, 0.2) is 0 Å². The fraction of sp³-hybridized carbons (Fsp3) is 0.604. The summed E-state index contributed by atoms with van der Waals surface area (Å²) in [4.78, 5) is 98.3. The Morgan fingerprint density at radius 1 is 0.603 bits per heavy atom. The highest BCUT2D eigenvalue weighted by molar-refractivity contribution is 9.08. The number of likely N-dealkylation sites (tertiary alicyclic amines) is 3. The minimum absolute atomic E-state index is 0.192. The van der Waals surface area contributed by atoms with Crippen LogP contribution >= 0.6 is 32.3 Å². The van der Waals surface area contributed by atoms with Crippen molar-refractivity contribution < 1.29 is 68.6 Å². The van der Waals surface area contributed by atoms with Gasteiger partial charge < -0.3 is 37.9 Å². The van der Waals surface area contributed by atoms with E-state index in [1.54, 1.807) is 83.9 Å². The average Bonchev–Trinajstić information content (AvgIpc) is 1.59. The van der Waals surface area contributed by atoms with E-state index in [2.05, 4.69) is 152 Å². The maximum absolute atomic E-state index is 14.5. The molecule has 2 saturated carbocycles. The van der Waals surface area contributed by atoms with Crippen LogP contribution in [-0.4, -0.2) is 262 Å². The lowest BCUT2D eigenvalue weighted by atomic mass is 9.60. The van der Waals surface area contributed by atoms with Crippen molar-refractivity contribution in [2.75, 3.05) is 121 Å². The molecule has 6 fully saturated rings. The van der Waals surface area contributed by atoms with Crippen molar-refractivity contribution in [3.8, 4) is 28.6 Å². The van der Waals surface area contributed by atoms with E-state index in [9.17, 15) is 57.4 Å². The Balaban J connectivity index is 0.000000178. The van der Waals surface area contributed by atoms with Crippen molar-refractivity contribution in [3.63, 3.8) is 0 Å². The number of azo groups is 1. The third kappa shape index (κ3) is 24.0. The number of fused-ring (bicyclic) bond motifs is 2. The predicted octanol–water partition coefficient (Wildman–Crippen LogP) is 12.7. The summed E-state index contributed by atoms with van der Waals surface area (Å²) in [5, 5.41) is 58.0. The average molecular weight is 1950 g/mol. The summed E-state index contributed by atoms with van der Waals surface area (Å²) >= 11 is 5.84. The van der Waals surface area contributed by atoms with Crippen LogP contribution in [0.4, 0.5) is 28.9 Å². The van der Waals surface area contributed by atoms with Crippen LogP contribution in [0.3, 0.4) is 0 Å².